The predicted octanol–water partition coefficient (Wildman–Crippen LogP) is 4.04. The Balaban J connectivity index is 2.42. The first-order valence-electron chi connectivity index (χ1n) is 6.78. The maximum absolute atomic E-state index is 12.8. The van der Waals surface area contributed by atoms with Crippen LogP contribution in [0.4, 0.5) is 18.9 Å². The lowest BCUT2D eigenvalue weighted by Gasteiger charge is -2.25. The van der Waals surface area contributed by atoms with Gasteiger partial charge in [-0.1, -0.05) is 31.5 Å². The molecule has 5 heteroatoms. The third-order valence-electron chi connectivity index (χ3n) is 3.80. The number of para-hydroxylation sites is 1. The fourth-order valence-corrected chi connectivity index (χ4v) is 2.81. The Labute approximate surface area is 116 Å². The molecule has 1 aliphatic rings. The van der Waals surface area contributed by atoms with E-state index in [0.29, 0.717) is 17.8 Å². The number of unbranched alkanes of at least 4 members (excludes halogenated alkanes) is 1. The normalized spacial score (nSPS) is 22.2. The third kappa shape index (κ3) is 2.53. The average Bonchev–Trinajstić information content (AvgIpc) is 2.56. The summed E-state index contributed by atoms with van der Waals surface area (Å²) in [5, 5.41) is 0. The van der Waals surface area contributed by atoms with E-state index < -0.39 is 23.9 Å². The molecule has 1 aromatic rings. The van der Waals surface area contributed by atoms with Crippen LogP contribution in [-0.2, 0) is 10.2 Å². The van der Waals surface area contributed by atoms with Gasteiger partial charge in [0.25, 0.3) is 0 Å². The molecule has 0 spiro atoms. The van der Waals surface area contributed by atoms with Gasteiger partial charge < -0.3 is 4.90 Å². The van der Waals surface area contributed by atoms with Crippen LogP contribution in [0.2, 0.25) is 0 Å². The highest BCUT2D eigenvalue weighted by atomic mass is 19.4. The van der Waals surface area contributed by atoms with Gasteiger partial charge in [-0.3, -0.25) is 4.79 Å². The number of carbonyl (C=O) groups excluding carboxylic acids is 1. The highest BCUT2D eigenvalue weighted by Crippen LogP contribution is 2.47. The van der Waals surface area contributed by atoms with E-state index in [1.807, 2.05) is 6.92 Å². The van der Waals surface area contributed by atoms with Gasteiger partial charge in [0.2, 0.25) is 5.91 Å². The minimum atomic E-state index is -4.36. The Morgan fingerprint density at radius 2 is 1.90 bits per heavy atom. The van der Waals surface area contributed by atoms with Crippen molar-refractivity contribution in [1.82, 2.24) is 0 Å². The Kier molecular flexibility index (Phi) is 3.80. The van der Waals surface area contributed by atoms with Crippen molar-refractivity contribution in [3.05, 3.63) is 29.8 Å². The van der Waals surface area contributed by atoms with E-state index in [9.17, 15) is 18.0 Å². The summed E-state index contributed by atoms with van der Waals surface area (Å²) in [6.07, 6.45) is -3.80. The zero-order chi connectivity index (χ0) is 15.0. The summed E-state index contributed by atoms with van der Waals surface area (Å²) in [5.41, 5.74) is -0.390. The molecule has 0 saturated heterocycles. The van der Waals surface area contributed by atoms with Crippen LogP contribution < -0.4 is 4.90 Å². The van der Waals surface area contributed by atoms with Crippen molar-refractivity contribution in [2.24, 2.45) is 0 Å². The lowest BCUT2D eigenvalue weighted by molar-refractivity contribution is -0.155. The average molecular weight is 285 g/mol. The molecule has 0 bridgehead atoms. The standard InChI is InChI=1S/C15H18F3NO/c1-3-4-9-19-12-8-6-5-7-11(12)14(2,13(19)20)10-15(16,17)18/h5-8H,3-4,9-10H2,1-2H3. The molecule has 1 aliphatic heterocycles. The number of carbonyl (C=O) groups is 1. The van der Waals surface area contributed by atoms with Crippen molar-refractivity contribution in [1.29, 1.82) is 0 Å². The van der Waals surface area contributed by atoms with Crippen LogP contribution in [0.5, 0.6) is 0 Å². The monoisotopic (exact) mass is 285 g/mol. The van der Waals surface area contributed by atoms with Crippen molar-refractivity contribution in [2.45, 2.75) is 44.7 Å². The molecule has 1 atom stereocenters. The van der Waals surface area contributed by atoms with Gasteiger partial charge in [-0.05, 0) is 25.0 Å². The van der Waals surface area contributed by atoms with Crippen LogP contribution in [-0.4, -0.2) is 18.6 Å². The van der Waals surface area contributed by atoms with Crippen molar-refractivity contribution in [3.63, 3.8) is 0 Å². The van der Waals surface area contributed by atoms with Crippen molar-refractivity contribution < 1.29 is 18.0 Å². The molecule has 0 radical (unpaired) electrons. The van der Waals surface area contributed by atoms with E-state index >= 15 is 0 Å². The van der Waals surface area contributed by atoms with E-state index in [1.54, 1.807) is 24.3 Å². The summed E-state index contributed by atoms with van der Waals surface area (Å²) >= 11 is 0. The summed E-state index contributed by atoms with van der Waals surface area (Å²) in [6, 6.07) is 6.80. The maximum atomic E-state index is 12.8. The lowest BCUT2D eigenvalue weighted by atomic mass is 9.80. The second-order valence-electron chi connectivity index (χ2n) is 5.45. The fourth-order valence-electron chi connectivity index (χ4n) is 2.81. The summed E-state index contributed by atoms with van der Waals surface area (Å²) in [5.74, 6) is -0.440. The molecule has 0 N–H and O–H groups in total. The Morgan fingerprint density at radius 1 is 1.25 bits per heavy atom. The minimum absolute atomic E-state index is 0.440. The van der Waals surface area contributed by atoms with Gasteiger partial charge in [-0.15, -0.1) is 0 Å². The highest BCUT2D eigenvalue weighted by Gasteiger charge is 2.52. The molecule has 0 aliphatic carbocycles. The largest absolute Gasteiger partial charge is 0.390 e. The van der Waals surface area contributed by atoms with Gasteiger partial charge in [0.05, 0.1) is 11.8 Å². The Hall–Kier alpha value is -1.52. The zero-order valence-corrected chi connectivity index (χ0v) is 11.6. The molecule has 1 aromatic carbocycles. The number of benzene rings is 1. The van der Waals surface area contributed by atoms with E-state index in [2.05, 4.69) is 0 Å². The van der Waals surface area contributed by atoms with Crippen molar-refractivity contribution in [2.75, 3.05) is 11.4 Å². The summed E-state index contributed by atoms with van der Waals surface area (Å²) in [7, 11) is 0. The van der Waals surface area contributed by atoms with Gasteiger partial charge in [0, 0.05) is 12.2 Å². The smallest absolute Gasteiger partial charge is 0.311 e. The summed E-state index contributed by atoms with van der Waals surface area (Å²) in [4.78, 5) is 14.0. The quantitative estimate of drug-likeness (QED) is 0.817. The molecule has 2 nitrogen and oxygen atoms in total. The number of halogens is 3. The molecule has 110 valence electrons. The van der Waals surface area contributed by atoms with Gasteiger partial charge in [0.15, 0.2) is 0 Å². The number of nitrogens with zero attached hydrogens (tertiary/aromatic N) is 1. The number of anilines is 1. The predicted molar refractivity (Wildman–Crippen MR) is 71.7 cm³/mol. The minimum Gasteiger partial charge on any atom is -0.311 e. The molecule has 1 amide bonds. The molecule has 0 saturated carbocycles. The molecule has 2 rings (SSSR count). The molecule has 1 heterocycles. The first-order valence-corrected chi connectivity index (χ1v) is 6.78. The number of hydrogen-bond acceptors (Lipinski definition) is 1. The van der Waals surface area contributed by atoms with Crippen LogP contribution in [0.3, 0.4) is 0 Å². The van der Waals surface area contributed by atoms with Crippen LogP contribution in [0.25, 0.3) is 0 Å². The lowest BCUT2D eigenvalue weighted by Crippen LogP contribution is -2.41. The van der Waals surface area contributed by atoms with E-state index in [4.69, 9.17) is 0 Å². The number of rotatable bonds is 4. The first-order chi connectivity index (χ1) is 9.29. The van der Waals surface area contributed by atoms with Crippen LogP contribution in [0.1, 0.15) is 38.7 Å². The SMILES string of the molecule is CCCCN1C(=O)C(C)(CC(F)(F)F)c2ccccc21. The number of alkyl halides is 3. The van der Waals surface area contributed by atoms with Gasteiger partial charge >= 0.3 is 6.18 Å². The Bertz CT molecular complexity index is 512. The molecule has 1 unspecified atom stereocenters. The van der Waals surface area contributed by atoms with Gasteiger partial charge in [-0.2, -0.15) is 13.2 Å². The van der Waals surface area contributed by atoms with E-state index in [-0.39, 0.29) is 0 Å². The fraction of sp³-hybridized carbons (Fsp3) is 0.533. The molecular formula is C15H18F3NO. The number of amides is 1. The van der Waals surface area contributed by atoms with Crippen molar-refractivity contribution in [3.8, 4) is 0 Å². The molecule has 20 heavy (non-hydrogen) atoms. The third-order valence-corrected chi connectivity index (χ3v) is 3.80. The number of hydrogen-bond donors (Lipinski definition) is 0. The maximum Gasteiger partial charge on any atom is 0.390 e. The summed E-state index contributed by atoms with van der Waals surface area (Å²) < 4.78 is 38.5. The van der Waals surface area contributed by atoms with Crippen LogP contribution in [0.15, 0.2) is 24.3 Å². The molecular weight excluding hydrogens is 267 g/mol. The topological polar surface area (TPSA) is 20.3 Å². The first kappa shape index (κ1) is 14.9. The van der Waals surface area contributed by atoms with E-state index in [0.717, 1.165) is 12.8 Å². The molecule has 0 aromatic heterocycles. The molecule has 0 fully saturated rings. The summed E-state index contributed by atoms with van der Waals surface area (Å²) in [6.45, 7) is 3.86. The van der Waals surface area contributed by atoms with E-state index in [1.165, 1.54) is 11.8 Å². The Morgan fingerprint density at radius 3 is 2.50 bits per heavy atom. The highest BCUT2D eigenvalue weighted by molar-refractivity contribution is 6.07. The second-order valence-corrected chi connectivity index (χ2v) is 5.45. The zero-order valence-electron chi connectivity index (χ0n) is 11.6. The van der Waals surface area contributed by atoms with Crippen molar-refractivity contribution >= 4 is 11.6 Å². The second kappa shape index (κ2) is 5.11. The van der Waals surface area contributed by atoms with Gasteiger partial charge in [-0.25, -0.2) is 0 Å². The number of fused-ring (bicyclic) bond motifs is 1. The van der Waals surface area contributed by atoms with Crippen LogP contribution >= 0.6 is 0 Å². The van der Waals surface area contributed by atoms with Crippen LogP contribution in [0, 0.1) is 0 Å². The van der Waals surface area contributed by atoms with Gasteiger partial charge in [0.1, 0.15) is 0 Å².